The van der Waals surface area contributed by atoms with Crippen LogP contribution in [0, 0.1) is 28.6 Å². The van der Waals surface area contributed by atoms with E-state index < -0.39 is 22.3 Å². The Morgan fingerprint density at radius 2 is 1.33 bits per heavy atom. The lowest BCUT2D eigenvalue weighted by Crippen LogP contribution is -2.39. The standard InChI is InChI=1S/C25H34N2OSi2/c1-29(2,25(24(19-26)20-27)23-15-9-6-10-16-23)17-11-12-18-30(3,4)28-21-22-13-7-5-8-14-22/h5-10,13-16,24-25H,11-12,17-18,21H2,1-4H3. The molecule has 5 heteroatoms. The molecule has 1 atom stereocenters. The molecule has 2 aromatic carbocycles. The van der Waals surface area contributed by atoms with Crippen molar-refractivity contribution in [3.8, 4) is 12.1 Å². The number of nitriles is 2. The van der Waals surface area contributed by atoms with Gasteiger partial charge in [0.25, 0.3) is 0 Å². The van der Waals surface area contributed by atoms with Gasteiger partial charge in [0.2, 0.25) is 0 Å². The van der Waals surface area contributed by atoms with Crippen LogP contribution >= 0.6 is 0 Å². The fourth-order valence-electron chi connectivity index (χ4n) is 4.15. The molecule has 0 saturated carbocycles. The topological polar surface area (TPSA) is 56.8 Å². The average Bonchev–Trinajstić information content (AvgIpc) is 2.75. The first-order valence-corrected chi connectivity index (χ1v) is 17.2. The lowest BCUT2D eigenvalue weighted by Gasteiger charge is -2.34. The number of unbranched alkanes of at least 4 members (excludes halogenated alkanes) is 1. The van der Waals surface area contributed by atoms with Crippen molar-refractivity contribution in [2.45, 2.75) is 63.3 Å². The van der Waals surface area contributed by atoms with E-state index >= 15 is 0 Å². The summed E-state index contributed by atoms with van der Waals surface area (Å²) < 4.78 is 6.30. The number of rotatable bonds is 11. The van der Waals surface area contributed by atoms with Crippen molar-refractivity contribution in [1.82, 2.24) is 0 Å². The summed E-state index contributed by atoms with van der Waals surface area (Å²) in [5.41, 5.74) is 2.42. The normalized spacial score (nSPS) is 12.9. The van der Waals surface area contributed by atoms with Crippen LogP contribution < -0.4 is 0 Å². The van der Waals surface area contributed by atoms with Gasteiger partial charge >= 0.3 is 0 Å². The molecule has 2 aromatic rings. The molecule has 1 unspecified atom stereocenters. The second kappa shape index (κ2) is 11.3. The molecule has 0 aliphatic rings. The minimum Gasteiger partial charge on any atom is -0.413 e. The van der Waals surface area contributed by atoms with Crippen molar-refractivity contribution in [2.24, 2.45) is 5.92 Å². The Bertz CT molecular complexity index is 840. The van der Waals surface area contributed by atoms with Crippen molar-refractivity contribution >= 4 is 16.4 Å². The van der Waals surface area contributed by atoms with E-state index in [1.807, 2.05) is 24.3 Å². The summed E-state index contributed by atoms with van der Waals surface area (Å²) in [6.07, 6.45) is 2.28. The maximum Gasteiger partial charge on any atom is 0.187 e. The summed E-state index contributed by atoms with van der Waals surface area (Å²) in [4.78, 5) is 0. The van der Waals surface area contributed by atoms with E-state index in [9.17, 15) is 10.5 Å². The van der Waals surface area contributed by atoms with Crippen molar-refractivity contribution in [3.05, 3.63) is 71.8 Å². The van der Waals surface area contributed by atoms with Gasteiger partial charge in [-0.05, 0) is 30.3 Å². The predicted octanol–water partition coefficient (Wildman–Crippen LogP) is 6.88. The molecule has 30 heavy (non-hydrogen) atoms. The van der Waals surface area contributed by atoms with Gasteiger partial charge in [-0.1, -0.05) is 92.6 Å². The third-order valence-corrected chi connectivity index (χ3v) is 12.4. The molecular weight excluding hydrogens is 400 g/mol. The molecule has 0 heterocycles. The fraction of sp³-hybridized carbons (Fsp3) is 0.440. The minimum absolute atomic E-state index is 0.0493. The van der Waals surface area contributed by atoms with Crippen LogP contribution in [0.3, 0.4) is 0 Å². The Labute approximate surface area is 184 Å². The maximum atomic E-state index is 9.59. The Morgan fingerprint density at radius 1 is 0.800 bits per heavy atom. The molecule has 0 saturated heterocycles. The number of hydrogen-bond acceptors (Lipinski definition) is 3. The predicted molar refractivity (Wildman–Crippen MR) is 129 cm³/mol. The van der Waals surface area contributed by atoms with Crippen LogP contribution in [0.25, 0.3) is 0 Å². The molecule has 0 amide bonds. The zero-order valence-corrected chi connectivity index (χ0v) is 20.8. The van der Waals surface area contributed by atoms with Crippen LogP contribution in [0.5, 0.6) is 0 Å². The van der Waals surface area contributed by atoms with Crippen LogP contribution in [-0.4, -0.2) is 16.4 Å². The van der Waals surface area contributed by atoms with Crippen LogP contribution in [0.15, 0.2) is 60.7 Å². The van der Waals surface area contributed by atoms with E-state index in [2.05, 4.69) is 74.7 Å². The number of nitrogens with zero attached hydrogens (tertiary/aromatic N) is 2. The summed E-state index contributed by atoms with van der Waals surface area (Å²) in [6, 6.07) is 27.3. The Balaban J connectivity index is 1.92. The Morgan fingerprint density at radius 3 is 1.90 bits per heavy atom. The first-order valence-electron chi connectivity index (χ1n) is 10.8. The highest BCUT2D eigenvalue weighted by molar-refractivity contribution is 6.79. The Kier molecular flexibility index (Phi) is 9.05. The first-order chi connectivity index (χ1) is 14.3. The van der Waals surface area contributed by atoms with E-state index in [0.717, 1.165) is 30.5 Å². The maximum absolute atomic E-state index is 9.59. The minimum atomic E-state index is -1.82. The highest BCUT2D eigenvalue weighted by atomic mass is 28.4. The zero-order valence-electron chi connectivity index (χ0n) is 18.8. The SMILES string of the molecule is C[Si](C)(CCCC[Si](C)(C)C(c1ccccc1)C(C#N)C#N)OCc1ccccc1. The quantitative estimate of drug-likeness (QED) is 0.286. The van der Waals surface area contributed by atoms with Gasteiger partial charge in [0, 0.05) is 5.54 Å². The largest absolute Gasteiger partial charge is 0.413 e. The molecule has 0 aromatic heterocycles. The number of hydrogen-bond donors (Lipinski definition) is 0. The van der Waals surface area contributed by atoms with E-state index in [1.54, 1.807) is 0 Å². The molecule has 0 N–H and O–H groups in total. The van der Waals surface area contributed by atoms with Gasteiger partial charge in [-0.2, -0.15) is 10.5 Å². The van der Waals surface area contributed by atoms with Gasteiger partial charge in [0.05, 0.1) is 26.8 Å². The highest BCUT2D eigenvalue weighted by Crippen LogP contribution is 2.37. The molecular formula is C25H34N2OSi2. The molecule has 0 aliphatic heterocycles. The molecule has 158 valence electrons. The molecule has 0 aliphatic carbocycles. The third kappa shape index (κ3) is 7.25. The second-order valence-electron chi connectivity index (χ2n) is 9.35. The average molecular weight is 435 g/mol. The third-order valence-electron chi connectivity index (χ3n) is 5.93. The van der Waals surface area contributed by atoms with E-state index in [4.69, 9.17) is 4.43 Å². The summed E-state index contributed by atoms with van der Waals surface area (Å²) in [5.74, 6) is -0.575. The van der Waals surface area contributed by atoms with Gasteiger partial charge in [0.15, 0.2) is 8.32 Å². The van der Waals surface area contributed by atoms with E-state index in [0.29, 0.717) is 6.61 Å². The van der Waals surface area contributed by atoms with Crippen LogP contribution in [-0.2, 0) is 11.0 Å². The first kappa shape index (κ1) is 24.1. The zero-order chi connectivity index (χ0) is 22.0. The van der Waals surface area contributed by atoms with Crippen LogP contribution in [0.1, 0.15) is 29.5 Å². The van der Waals surface area contributed by atoms with Gasteiger partial charge in [-0.15, -0.1) is 0 Å². The van der Waals surface area contributed by atoms with Crippen molar-refractivity contribution in [3.63, 3.8) is 0 Å². The van der Waals surface area contributed by atoms with E-state index in [1.165, 1.54) is 5.56 Å². The Hall–Kier alpha value is -2.19. The summed E-state index contributed by atoms with van der Waals surface area (Å²) in [5, 5.41) is 19.2. The second-order valence-corrected chi connectivity index (χ2v) is 18.8. The van der Waals surface area contributed by atoms with Gasteiger partial charge in [-0.25, -0.2) is 0 Å². The smallest absolute Gasteiger partial charge is 0.187 e. The molecule has 3 nitrogen and oxygen atoms in total. The molecule has 0 fully saturated rings. The van der Waals surface area contributed by atoms with Crippen molar-refractivity contribution in [2.75, 3.05) is 0 Å². The van der Waals surface area contributed by atoms with Crippen molar-refractivity contribution in [1.29, 1.82) is 10.5 Å². The monoisotopic (exact) mass is 434 g/mol. The lowest BCUT2D eigenvalue weighted by atomic mass is 10.0. The van der Waals surface area contributed by atoms with Gasteiger partial charge in [-0.3, -0.25) is 0 Å². The molecule has 0 spiro atoms. The summed E-state index contributed by atoms with van der Waals surface area (Å²) in [7, 11) is -3.51. The molecule has 0 radical (unpaired) electrons. The molecule has 2 rings (SSSR count). The fourth-order valence-corrected chi connectivity index (χ4v) is 9.57. The van der Waals surface area contributed by atoms with Crippen LogP contribution in [0.2, 0.25) is 38.3 Å². The van der Waals surface area contributed by atoms with Crippen molar-refractivity contribution < 1.29 is 4.43 Å². The highest BCUT2D eigenvalue weighted by Gasteiger charge is 2.38. The van der Waals surface area contributed by atoms with Gasteiger partial charge in [0.1, 0.15) is 5.92 Å². The number of benzene rings is 2. The van der Waals surface area contributed by atoms with Gasteiger partial charge < -0.3 is 4.43 Å². The summed E-state index contributed by atoms with van der Waals surface area (Å²) in [6.45, 7) is 9.96. The molecule has 0 bridgehead atoms. The lowest BCUT2D eigenvalue weighted by molar-refractivity contribution is 0.294. The van der Waals surface area contributed by atoms with Crippen LogP contribution in [0.4, 0.5) is 0 Å². The summed E-state index contributed by atoms with van der Waals surface area (Å²) >= 11 is 0. The van der Waals surface area contributed by atoms with E-state index in [-0.39, 0.29) is 5.54 Å².